The Hall–Kier alpha value is -4.14. The first kappa shape index (κ1) is 26.9. The van der Waals surface area contributed by atoms with Gasteiger partial charge in [-0.2, -0.15) is 13.2 Å². The zero-order valence-corrected chi connectivity index (χ0v) is 20.6. The summed E-state index contributed by atoms with van der Waals surface area (Å²) in [6.07, 6.45) is 5.67. The number of aromatic nitrogens is 2. The molecule has 0 bridgehead atoms. The van der Waals surface area contributed by atoms with Gasteiger partial charge in [-0.1, -0.05) is 18.9 Å². The molecular formula is C27H26F3N5O3. The molecule has 38 heavy (non-hydrogen) atoms. The maximum absolute atomic E-state index is 13.4. The molecule has 0 saturated carbocycles. The molecule has 0 aliphatic carbocycles. The first-order chi connectivity index (χ1) is 18.3. The topological polar surface area (TPSA) is 97.4 Å². The van der Waals surface area contributed by atoms with E-state index in [0.717, 1.165) is 18.7 Å². The number of ether oxygens (including phenoxy) is 2. The van der Waals surface area contributed by atoms with Gasteiger partial charge in [0.15, 0.2) is 0 Å². The summed E-state index contributed by atoms with van der Waals surface area (Å²) in [6.45, 7) is 4.24. The van der Waals surface area contributed by atoms with Crippen molar-refractivity contribution in [1.82, 2.24) is 15.3 Å². The Morgan fingerprint density at radius 2 is 2.11 bits per heavy atom. The molecule has 198 valence electrons. The molecule has 11 heteroatoms. The van der Waals surface area contributed by atoms with E-state index in [1.54, 1.807) is 18.2 Å². The molecule has 3 aromatic rings. The van der Waals surface area contributed by atoms with E-state index in [1.165, 1.54) is 18.5 Å². The number of hydrogen-bond donors (Lipinski definition) is 3. The van der Waals surface area contributed by atoms with Crippen molar-refractivity contribution in [2.45, 2.75) is 25.6 Å². The van der Waals surface area contributed by atoms with Gasteiger partial charge >= 0.3 is 6.18 Å². The summed E-state index contributed by atoms with van der Waals surface area (Å²) in [6, 6.07) is 6.53. The third-order valence-corrected chi connectivity index (χ3v) is 5.65. The van der Waals surface area contributed by atoms with Crippen LogP contribution >= 0.6 is 0 Å². The van der Waals surface area contributed by atoms with E-state index >= 15 is 0 Å². The highest BCUT2D eigenvalue weighted by molar-refractivity contribution is 6.03. The summed E-state index contributed by atoms with van der Waals surface area (Å²) >= 11 is 0. The molecule has 8 nitrogen and oxygen atoms in total. The van der Waals surface area contributed by atoms with E-state index in [-0.39, 0.29) is 29.1 Å². The monoisotopic (exact) mass is 525 g/mol. The van der Waals surface area contributed by atoms with Crippen molar-refractivity contribution in [3.63, 3.8) is 0 Å². The molecule has 0 radical (unpaired) electrons. The number of amides is 1. The standard InChI is InChI=1S/C27H26F3N5O3/c1-3-17-10-18(27(28,29)30)12-19(11-17)34-26-21-13-23(35-25(36)6-5-8-31-4-2)24(14-22(21)32-16-33-26)38-20-7-9-37-15-20/h1,5-6,10-14,16,20,31H,4,7-9,15H2,2H3,(H,35,36)(H,32,33,34)/t20-/m0/s1. The van der Waals surface area contributed by atoms with E-state index in [4.69, 9.17) is 15.9 Å². The number of halogens is 3. The van der Waals surface area contributed by atoms with Crippen LogP contribution in [0.1, 0.15) is 24.5 Å². The predicted octanol–water partition coefficient (Wildman–Crippen LogP) is 4.65. The summed E-state index contributed by atoms with van der Waals surface area (Å²) in [5.41, 5.74) is 0.0937. The lowest BCUT2D eigenvalue weighted by Crippen LogP contribution is -2.18. The highest BCUT2D eigenvalue weighted by Gasteiger charge is 2.31. The molecule has 1 aliphatic heterocycles. The van der Waals surface area contributed by atoms with Crippen molar-refractivity contribution in [2.75, 3.05) is 36.9 Å². The lowest BCUT2D eigenvalue weighted by molar-refractivity contribution is -0.137. The summed E-state index contributed by atoms with van der Waals surface area (Å²) in [5.74, 6) is 2.48. The molecule has 2 heterocycles. The second-order valence-corrected chi connectivity index (χ2v) is 8.46. The van der Waals surface area contributed by atoms with Crippen molar-refractivity contribution in [1.29, 1.82) is 0 Å². The molecule has 1 aromatic heterocycles. The number of anilines is 3. The average Bonchev–Trinajstić information content (AvgIpc) is 3.40. The van der Waals surface area contributed by atoms with E-state index in [2.05, 4.69) is 31.8 Å². The van der Waals surface area contributed by atoms with Gasteiger partial charge in [-0.15, -0.1) is 6.42 Å². The Morgan fingerprint density at radius 3 is 2.82 bits per heavy atom. The molecule has 1 atom stereocenters. The van der Waals surface area contributed by atoms with Crippen LogP contribution in [0.5, 0.6) is 5.75 Å². The maximum atomic E-state index is 13.4. The average molecular weight is 526 g/mol. The third kappa shape index (κ3) is 6.79. The van der Waals surface area contributed by atoms with Crippen LogP contribution < -0.4 is 20.7 Å². The normalized spacial score (nSPS) is 15.5. The van der Waals surface area contributed by atoms with Gasteiger partial charge in [0.1, 0.15) is 24.0 Å². The number of fused-ring (bicyclic) bond motifs is 1. The number of terminal acetylenes is 1. The first-order valence-corrected chi connectivity index (χ1v) is 11.9. The fraction of sp³-hybridized carbons (Fsp3) is 0.296. The number of benzene rings is 2. The number of carbonyl (C=O) groups excluding carboxylic acids is 1. The second-order valence-electron chi connectivity index (χ2n) is 8.46. The van der Waals surface area contributed by atoms with Gasteiger partial charge in [-0.25, -0.2) is 9.97 Å². The van der Waals surface area contributed by atoms with E-state index < -0.39 is 11.7 Å². The summed E-state index contributed by atoms with van der Waals surface area (Å²) < 4.78 is 51.7. The molecule has 1 amide bonds. The van der Waals surface area contributed by atoms with Gasteiger partial charge < -0.3 is 25.4 Å². The molecule has 1 fully saturated rings. The van der Waals surface area contributed by atoms with Crippen LogP contribution in [0.3, 0.4) is 0 Å². The predicted molar refractivity (Wildman–Crippen MR) is 138 cm³/mol. The van der Waals surface area contributed by atoms with Crippen LogP contribution in [-0.4, -0.2) is 48.3 Å². The van der Waals surface area contributed by atoms with Crippen LogP contribution in [0.25, 0.3) is 10.9 Å². The number of hydrogen-bond acceptors (Lipinski definition) is 7. The lowest BCUT2D eigenvalue weighted by atomic mass is 10.1. The van der Waals surface area contributed by atoms with Gasteiger partial charge in [0.05, 0.1) is 30.0 Å². The number of alkyl halides is 3. The molecule has 0 unspecified atom stereocenters. The number of nitrogens with zero attached hydrogens (tertiary/aromatic N) is 2. The van der Waals surface area contributed by atoms with Crippen LogP contribution in [0.2, 0.25) is 0 Å². The first-order valence-electron chi connectivity index (χ1n) is 11.9. The van der Waals surface area contributed by atoms with Gasteiger partial charge in [0, 0.05) is 41.7 Å². The van der Waals surface area contributed by atoms with Gasteiger partial charge in [0.2, 0.25) is 5.91 Å². The minimum Gasteiger partial charge on any atom is -0.486 e. The highest BCUT2D eigenvalue weighted by atomic mass is 19.4. The van der Waals surface area contributed by atoms with Crippen LogP contribution in [0.15, 0.2) is 48.8 Å². The number of carbonyl (C=O) groups is 1. The minimum absolute atomic E-state index is 0.0625. The molecule has 1 saturated heterocycles. The van der Waals surface area contributed by atoms with Crippen LogP contribution in [0.4, 0.5) is 30.4 Å². The number of rotatable bonds is 9. The largest absolute Gasteiger partial charge is 0.486 e. The zero-order chi connectivity index (χ0) is 27.1. The Balaban J connectivity index is 1.71. The smallest absolute Gasteiger partial charge is 0.416 e. The van der Waals surface area contributed by atoms with Gasteiger partial charge in [0.25, 0.3) is 0 Å². The third-order valence-electron chi connectivity index (χ3n) is 5.65. The van der Waals surface area contributed by atoms with E-state index in [1.807, 2.05) is 6.92 Å². The molecule has 3 N–H and O–H groups in total. The summed E-state index contributed by atoms with van der Waals surface area (Å²) in [4.78, 5) is 21.1. The minimum atomic E-state index is -4.58. The van der Waals surface area contributed by atoms with Crippen molar-refractivity contribution in [2.24, 2.45) is 0 Å². The van der Waals surface area contributed by atoms with Crippen molar-refractivity contribution < 1.29 is 27.4 Å². The molecule has 1 aliphatic rings. The van der Waals surface area contributed by atoms with E-state index in [9.17, 15) is 18.0 Å². The van der Waals surface area contributed by atoms with Gasteiger partial charge in [-0.05, 0) is 30.8 Å². The number of nitrogens with one attached hydrogen (secondary N) is 3. The zero-order valence-electron chi connectivity index (χ0n) is 20.6. The Kier molecular flexibility index (Phi) is 8.45. The summed E-state index contributed by atoms with van der Waals surface area (Å²) in [7, 11) is 0. The summed E-state index contributed by atoms with van der Waals surface area (Å²) in [5, 5.41) is 9.27. The van der Waals surface area contributed by atoms with Crippen molar-refractivity contribution in [3.8, 4) is 18.1 Å². The Labute approximate surface area is 217 Å². The quantitative estimate of drug-likeness (QED) is 0.213. The highest BCUT2D eigenvalue weighted by Crippen LogP contribution is 2.36. The van der Waals surface area contributed by atoms with Crippen molar-refractivity contribution in [3.05, 3.63) is 59.9 Å². The number of likely N-dealkylation sites (N-methyl/N-ethyl adjacent to an activating group) is 1. The lowest BCUT2D eigenvalue weighted by Gasteiger charge is -2.18. The second kappa shape index (κ2) is 11.9. The van der Waals surface area contributed by atoms with E-state index in [0.29, 0.717) is 48.5 Å². The Bertz CT molecular complexity index is 1380. The Morgan fingerprint density at radius 1 is 1.26 bits per heavy atom. The molecular weight excluding hydrogens is 499 g/mol. The molecule has 0 spiro atoms. The fourth-order valence-electron chi connectivity index (χ4n) is 3.82. The van der Waals surface area contributed by atoms with Crippen LogP contribution in [-0.2, 0) is 15.7 Å². The SMILES string of the molecule is C#Cc1cc(Nc2ncnc3cc(O[C@H]4CCOC4)c(NC(=O)C=CCNCC)cc23)cc(C(F)(F)F)c1. The maximum Gasteiger partial charge on any atom is 0.416 e. The van der Waals surface area contributed by atoms with Crippen molar-refractivity contribution >= 4 is 34.0 Å². The fourth-order valence-corrected chi connectivity index (χ4v) is 3.82. The molecule has 4 rings (SSSR count). The van der Waals surface area contributed by atoms with Gasteiger partial charge in [-0.3, -0.25) is 4.79 Å². The molecule has 2 aromatic carbocycles. The van der Waals surface area contributed by atoms with Crippen LogP contribution in [0, 0.1) is 12.3 Å².